The Kier molecular flexibility index (Phi) is 7.63. The Morgan fingerprint density at radius 2 is 1.87 bits per heavy atom. The molecule has 5 rings (SSSR count). The summed E-state index contributed by atoms with van der Waals surface area (Å²) in [6.07, 6.45) is 9.54. The Balaban J connectivity index is 1.68. The Morgan fingerprint density at radius 1 is 1.13 bits per heavy atom. The molecule has 0 bridgehead atoms. The summed E-state index contributed by atoms with van der Waals surface area (Å²) in [6, 6.07) is 1.98. The largest absolute Gasteiger partial charge is 0.463 e. The highest BCUT2D eigenvalue weighted by atomic mass is 19.1. The molecule has 9 heteroatoms. The highest BCUT2D eigenvalue weighted by Crippen LogP contribution is 2.36. The van der Waals surface area contributed by atoms with Gasteiger partial charge in [-0.25, -0.2) is 29.1 Å². The van der Waals surface area contributed by atoms with Crippen LogP contribution in [0.3, 0.4) is 0 Å². The average molecular weight is 523 g/mol. The molecule has 0 spiro atoms. The van der Waals surface area contributed by atoms with Crippen molar-refractivity contribution < 1.29 is 13.9 Å². The first-order valence-corrected chi connectivity index (χ1v) is 14.0. The number of esters is 1. The summed E-state index contributed by atoms with van der Waals surface area (Å²) in [5, 5.41) is 3.59. The van der Waals surface area contributed by atoms with Crippen molar-refractivity contribution in [1.82, 2.24) is 24.5 Å². The van der Waals surface area contributed by atoms with Gasteiger partial charge in [-0.1, -0.05) is 40.0 Å². The standard InChI is InChI=1S/C29H39FN6O2/c1-16(2)21-13-23(31-14-22(21)30)28-35-26-24(36(28)15-19-11-9-17(3)10-12-19)25(32-18(4)20-7-6-8-20)33-27(34-26)29(37)38-5/h13-14,16-20H,6-12,15H2,1-5H3,(H,32,33,34)/t17-,18-,19-/m1/s1. The molecule has 2 aliphatic carbocycles. The first-order chi connectivity index (χ1) is 18.2. The number of ether oxygens (including phenoxy) is 1. The molecule has 2 saturated carbocycles. The molecule has 2 aliphatic rings. The third-order valence-corrected chi connectivity index (χ3v) is 8.50. The fraction of sp³-hybridized carbons (Fsp3) is 0.621. The molecule has 3 aromatic rings. The molecule has 38 heavy (non-hydrogen) atoms. The molecule has 0 radical (unpaired) electrons. The van der Waals surface area contributed by atoms with Gasteiger partial charge in [-0.15, -0.1) is 0 Å². The second-order valence-corrected chi connectivity index (χ2v) is 11.6. The van der Waals surface area contributed by atoms with Crippen LogP contribution in [0.1, 0.15) is 94.7 Å². The quantitative estimate of drug-likeness (QED) is 0.344. The summed E-state index contributed by atoms with van der Waals surface area (Å²) < 4.78 is 21.7. The van der Waals surface area contributed by atoms with E-state index in [0.717, 1.165) is 30.8 Å². The molecule has 8 nitrogen and oxygen atoms in total. The zero-order valence-corrected chi connectivity index (χ0v) is 23.1. The summed E-state index contributed by atoms with van der Waals surface area (Å²) in [5.41, 5.74) is 2.36. The third kappa shape index (κ3) is 5.24. The lowest BCUT2D eigenvalue weighted by molar-refractivity contribution is 0.0587. The SMILES string of the molecule is COC(=O)c1nc(N[C@H](C)C2CCC2)c2c(n1)nc(-c1cc(C(C)C)c(F)cn1)n2C[C@H]1CC[C@H](C)CC1. The van der Waals surface area contributed by atoms with Crippen molar-refractivity contribution in [1.29, 1.82) is 0 Å². The van der Waals surface area contributed by atoms with Crippen molar-refractivity contribution in [3.8, 4) is 11.5 Å². The number of aromatic nitrogens is 5. The molecule has 0 saturated heterocycles. The molecule has 2 fully saturated rings. The molecular weight excluding hydrogens is 483 g/mol. The van der Waals surface area contributed by atoms with E-state index in [9.17, 15) is 9.18 Å². The fourth-order valence-electron chi connectivity index (χ4n) is 5.75. The van der Waals surface area contributed by atoms with Crippen LogP contribution in [0.2, 0.25) is 0 Å². The van der Waals surface area contributed by atoms with Crippen LogP contribution in [0, 0.1) is 23.6 Å². The summed E-state index contributed by atoms with van der Waals surface area (Å²) in [5.74, 6) is 2.03. The lowest BCUT2D eigenvalue weighted by Gasteiger charge is -2.32. The van der Waals surface area contributed by atoms with Crippen LogP contribution in [0.15, 0.2) is 12.3 Å². The molecule has 0 unspecified atom stereocenters. The molecule has 0 aliphatic heterocycles. The Bertz CT molecular complexity index is 1310. The van der Waals surface area contributed by atoms with Gasteiger partial charge in [0.15, 0.2) is 17.3 Å². The van der Waals surface area contributed by atoms with E-state index < -0.39 is 5.97 Å². The number of halogens is 1. The van der Waals surface area contributed by atoms with Gasteiger partial charge in [-0.3, -0.25) is 0 Å². The van der Waals surface area contributed by atoms with Crippen LogP contribution >= 0.6 is 0 Å². The second kappa shape index (κ2) is 10.9. The number of nitrogens with zero attached hydrogens (tertiary/aromatic N) is 5. The maximum absolute atomic E-state index is 14.6. The number of pyridine rings is 1. The summed E-state index contributed by atoms with van der Waals surface area (Å²) in [7, 11) is 1.32. The van der Waals surface area contributed by atoms with Crippen molar-refractivity contribution in [3.63, 3.8) is 0 Å². The number of hydrogen-bond acceptors (Lipinski definition) is 7. The van der Waals surface area contributed by atoms with Gasteiger partial charge in [0, 0.05) is 12.6 Å². The van der Waals surface area contributed by atoms with Gasteiger partial charge in [0.2, 0.25) is 5.82 Å². The normalized spacial score (nSPS) is 20.9. The first-order valence-electron chi connectivity index (χ1n) is 14.0. The van der Waals surface area contributed by atoms with Crippen LogP contribution in [0.5, 0.6) is 0 Å². The number of rotatable bonds is 8. The second-order valence-electron chi connectivity index (χ2n) is 11.6. The maximum Gasteiger partial charge on any atom is 0.376 e. The first kappa shape index (κ1) is 26.5. The number of imidazole rings is 1. The van der Waals surface area contributed by atoms with Crippen LogP contribution < -0.4 is 5.32 Å². The van der Waals surface area contributed by atoms with Gasteiger partial charge in [-0.05, 0) is 67.9 Å². The van der Waals surface area contributed by atoms with Crippen molar-refractivity contribution in [2.75, 3.05) is 12.4 Å². The van der Waals surface area contributed by atoms with Gasteiger partial charge in [0.25, 0.3) is 0 Å². The number of anilines is 1. The zero-order valence-electron chi connectivity index (χ0n) is 23.1. The van der Waals surface area contributed by atoms with Crippen LogP contribution in [0.25, 0.3) is 22.7 Å². The van der Waals surface area contributed by atoms with Crippen molar-refractivity contribution in [2.24, 2.45) is 17.8 Å². The number of carbonyl (C=O) groups excluding carboxylic acids is 1. The number of fused-ring (bicyclic) bond motifs is 1. The maximum atomic E-state index is 14.6. The van der Waals surface area contributed by atoms with E-state index in [1.807, 2.05) is 13.8 Å². The van der Waals surface area contributed by atoms with Crippen molar-refractivity contribution in [3.05, 3.63) is 29.5 Å². The smallest absolute Gasteiger partial charge is 0.376 e. The number of hydrogen-bond donors (Lipinski definition) is 1. The average Bonchev–Trinajstić information content (AvgIpc) is 3.22. The van der Waals surface area contributed by atoms with E-state index in [1.165, 1.54) is 45.4 Å². The minimum absolute atomic E-state index is 0.000633. The van der Waals surface area contributed by atoms with Crippen LogP contribution in [-0.4, -0.2) is 43.6 Å². The Labute approximate surface area is 223 Å². The van der Waals surface area contributed by atoms with Gasteiger partial charge < -0.3 is 14.6 Å². The van der Waals surface area contributed by atoms with E-state index in [0.29, 0.717) is 40.4 Å². The zero-order chi connectivity index (χ0) is 27.0. The lowest BCUT2D eigenvalue weighted by atomic mass is 9.80. The molecule has 3 aromatic heterocycles. The van der Waals surface area contributed by atoms with Gasteiger partial charge in [-0.2, -0.15) is 0 Å². The van der Waals surface area contributed by atoms with Crippen molar-refractivity contribution >= 4 is 23.0 Å². The monoisotopic (exact) mass is 522 g/mol. The topological polar surface area (TPSA) is 94.8 Å². The molecule has 3 heterocycles. The van der Waals surface area contributed by atoms with E-state index in [-0.39, 0.29) is 23.6 Å². The van der Waals surface area contributed by atoms with Crippen LogP contribution in [0.4, 0.5) is 10.2 Å². The van der Waals surface area contributed by atoms with Crippen molar-refractivity contribution in [2.45, 2.75) is 91.1 Å². The predicted octanol–water partition coefficient (Wildman–Crippen LogP) is 6.36. The van der Waals surface area contributed by atoms with Crippen LogP contribution in [-0.2, 0) is 11.3 Å². The molecule has 0 aromatic carbocycles. The number of methoxy groups -OCH3 is 1. The molecule has 0 amide bonds. The highest BCUT2D eigenvalue weighted by molar-refractivity contribution is 5.92. The van der Waals surface area contributed by atoms with Gasteiger partial charge >= 0.3 is 5.97 Å². The third-order valence-electron chi connectivity index (χ3n) is 8.50. The van der Waals surface area contributed by atoms with E-state index >= 15 is 0 Å². The number of nitrogens with one attached hydrogen (secondary N) is 1. The molecule has 1 N–H and O–H groups in total. The van der Waals surface area contributed by atoms with Gasteiger partial charge in [0.1, 0.15) is 17.0 Å². The molecule has 204 valence electrons. The molecular formula is C29H39FN6O2. The lowest BCUT2D eigenvalue weighted by Crippen LogP contribution is -2.31. The van der Waals surface area contributed by atoms with Gasteiger partial charge in [0.05, 0.1) is 13.3 Å². The minimum atomic E-state index is -0.606. The number of carbonyl (C=O) groups is 1. The Hall–Kier alpha value is -3.10. The van der Waals surface area contributed by atoms with E-state index in [1.54, 1.807) is 6.07 Å². The summed E-state index contributed by atoms with van der Waals surface area (Å²) >= 11 is 0. The summed E-state index contributed by atoms with van der Waals surface area (Å²) in [4.78, 5) is 31.0. The Morgan fingerprint density at radius 3 is 2.50 bits per heavy atom. The van der Waals surface area contributed by atoms with E-state index in [4.69, 9.17) is 9.72 Å². The fourth-order valence-corrected chi connectivity index (χ4v) is 5.75. The minimum Gasteiger partial charge on any atom is -0.463 e. The molecule has 1 atom stereocenters. The summed E-state index contributed by atoms with van der Waals surface area (Å²) in [6.45, 7) is 9.15. The predicted molar refractivity (Wildman–Crippen MR) is 145 cm³/mol. The highest BCUT2D eigenvalue weighted by Gasteiger charge is 2.29. The van der Waals surface area contributed by atoms with E-state index in [2.05, 4.69) is 38.7 Å².